The molecule has 0 aliphatic heterocycles. The van der Waals surface area contributed by atoms with Gasteiger partial charge in [0.15, 0.2) is 0 Å². The van der Waals surface area contributed by atoms with Gasteiger partial charge in [-0.15, -0.1) is 0 Å². The van der Waals surface area contributed by atoms with E-state index in [4.69, 9.17) is 5.73 Å². The summed E-state index contributed by atoms with van der Waals surface area (Å²) in [7, 11) is 0. The third-order valence-electron chi connectivity index (χ3n) is 4.95. The van der Waals surface area contributed by atoms with E-state index in [1.54, 1.807) is 0 Å². The van der Waals surface area contributed by atoms with E-state index in [1.807, 2.05) is 54.6 Å². The number of carbonyl (C=O) groups is 1. The fraction of sp³-hybridized carbons (Fsp3) is 0.200. The van der Waals surface area contributed by atoms with Gasteiger partial charge >= 0.3 is 0 Å². The normalized spacial score (nSPS) is 10.4. The number of rotatable bonds is 7. The van der Waals surface area contributed by atoms with E-state index in [0.29, 0.717) is 28.6 Å². The first-order chi connectivity index (χ1) is 15.4. The molecule has 0 radical (unpaired) electrons. The second-order valence-electron chi connectivity index (χ2n) is 7.48. The molecule has 7 heteroatoms. The van der Waals surface area contributed by atoms with Crippen molar-refractivity contribution in [3.63, 3.8) is 0 Å². The molecule has 0 aliphatic carbocycles. The monoisotopic (exact) mass is 441 g/mol. The molecule has 1 amide bonds. The van der Waals surface area contributed by atoms with Crippen molar-refractivity contribution >= 4 is 23.5 Å². The number of nitrogens with one attached hydrogen (secondary N) is 1. The first-order valence-corrected chi connectivity index (χ1v) is 11.1. The van der Waals surface area contributed by atoms with Crippen LogP contribution in [-0.4, -0.2) is 16.6 Å². The number of nitriles is 2. The molecular weight excluding hydrogens is 418 g/mol. The second-order valence-corrected chi connectivity index (χ2v) is 8.44. The van der Waals surface area contributed by atoms with Crippen molar-refractivity contribution in [3.8, 4) is 23.3 Å². The molecule has 0 spiro atoms. The van der Waals surface area contributed by atoms with Crippen LogP contribution >= 0.6 is 11.8 Å². The second kappa shape index (κ2) is 10.5. The van der Waals surface area contributed by atoms with Gasteiger partial charge in [0.05, 0.1) is 11.3 Å². The van der Waals surface area contributed by atoms with Crippen molar-refractivity contribution in [1.29, 1.82) is 10.5 Å². The van der Waals surface area contributed by atoms with E-state index in [0.717, 1.165) is 22.9 Å². The largest absolute Gasteiger partial charge is 0.383 e. The molecule has 0 bridgehead atoms. The number of amides is 1. The summed E-state index contributed by atoms with van der Waals surface area (Å²) in [4.78, 5) is 16.6. The molecule has 6 nitrogen and oxygen atoms in total. The van der Waals surface area contributed by atoms with Gasteiger partial charge in [0, 0.05) is 12.1 Å². The van der Waals surface area contributed by atoms with Crippen LogP contribution in [0.1, 0.15) is 42.0 Å². The first-order valence-electron chi connectivity index (χ1n) is 10.1. The number of hydrogen-bond acceptors (Lipinski definition) is 6. The number of carbonyl (C=O) groups excluding carboxylic acids is 1. The zero-order valence-corrected chi connectivity index (χ0v) is 18.7. The van der Waals surface area contributed by atoms with Gasteiger partial charge in [-0.25, -0.2) is 4.98 Å². The molecule has 0 atom stereocenters. The maximum atomic E-state index is 12.3. The van der Waals surface area contributed by atoms with Gasteiger partial charge in [-0.3, -0.25) is 4.79 Å². The van der Waals surface area contributed by atoms with Crippen molar-refractivity contribution in [2.45, 2.75) is 31.3 Å². The van der Waals surface area contributed by atoms with Crippen molar-refractivity contribution in [1.82, 2.24) is 10.3 Å². The molecule has 2 aromatic carbocycles. The van der Waals surface area contributed by atoms with Gasteiger partial charge in [-0.05, 0) is 22.6 Å². The number of thioether (sulfide) groups is 1. The van der Waals surface area contributed by atoms with E-state index in [1.165, 1.54) is 0 Å². The lowest BCUT2D eigenvalue weighted by Gasteiger charge is -2.14. The Morgan fingerprint density at radius 1 is 1.06 bits per heavy atom. The summed E-state index contributed by atoms with van der Waals surface area (Å²) < 4.78 is 0. The molecule has 0 saturated carbocycles. The highest BCUT2D eigenvalue weighted by Crippen LogP contribution is 2.36. The lowest BCUT2D eigenvalue weighted by Crippen LogP contribution is -2.24. The highest BCUT2D eigenvalue weighted by molar-refractivity contribution is 8.00. The summed E-state index contributed by atoms with van der Waals surface area (Å²) in [6.45, 7) is 4.61. The van der Waals surface area contributed by atoms with Crippen LogP contribution in [0.25, 0.3) is 11.1 Å². The number of nitrogen functional groups attached to an aromatic ring is 1. The van der Waals surface area contributed by atoms with Gasteiger partial charge in [-0.1, -0.05) is 80.2 Å². The van der Waals surface area contributed by atoms with Crippen LogP contribution in [0.5, 0.6) is 0 Å². The average molecular weight is 442 g/mol. The average Bonchev–Trinajstić information content (AvgIpc) is 2.81. The summed E-state index contributed by atoms with van der Waals surface area (Å²) >= 11 is 1.13. The van der Waals surface area contributed by atoms with Gasteiger partial charge < -0.3 is 11.1 Å². The molecule has 1 heterocycles. The van der Waals surface area contributed by atoms with Crippen LogP contribution < -0.4 is 11.1 Å². The molecule has 1 aromatic heterocycles. The molecule has 0 aliphatic rings. The summed E-state index contributed by atoms with van der Waals surface area (Å²) in [5, 5.41) is 22.7. The smallest absolute Gasteiger partial charge is 0.230 e. The minimum atomic E-state index is -0.185. The molecule has 3 aromatic rings. The van der Waals surface area contributed by atoms with E-state index in [-0.39, 0.29) is 28.6 Å². The maximum Gasteiger partial charge on any atom is 0.230 e. The number of hydrogen-bond donors (Lipinski definition) is 2. The van der Waals surface area contributed by atoms with Crippen LogP contribution in [0.3, 0.4) is 0 Å². The fourth-order valence-electron chi connectivity index (χ4n) is 3.21. The van der Waals surface area contributed by atoms with Crippen molar-refractivity contribution in [2.24, 2.45) is 0 Å². The molecule has 3 N–H and O–H groups in total. The summed E-state index contributed by atoms with van der Waals surface area (Å²) in [6, 6.07) is 21.6. The standard InChI is InChI=1S/C25H23N5OS/c1-16(2)18-8-10-19(11-9-18)23-20(12-26)24(28)30-25(21(23)13-27)32-15-22(31)29-14-17-6-4-3-5-7-17/h3-11,16H,14-15H2,1-2H3,(H2,28,30)(H,29,31). The fourth-order valence-corrected chi connectivity index (χ4v) is 4.03. The predicted molar refractivity (Wildman–Crippen MR) is 127 cm³/mol. The number of nitrogens with zero attached hydrogens (tertiary/aromatic N) is 3. The van der Waals surface area contributed by atoms with Crippen LogP contribution in [0.15, 0.2) is 59.6 Å². The third kappa shape index (κ3) is 5.26. The van der Waals surface area contributed by atoms with Crippen molar-refractivity contribution in [2.75, 3.05) is 11.5 Å². The van der Waals surface area contributed by atoms with Gasteiger partial charge in [0.25, 0.3) is 0 Å². The Labute approximate surface area is 192 Å². The SMILES string of the molecule is CC(C)c1ccc(-c2c(C#N)c(N)nc(SCC(=O)NCc3ccccc3)c2C#N)cc1. The van der Waals surface area contributed by atoms with Crippen LogP contribution in [-0.2, 0) is 11.3 Å². The third-order valence-corrected chi connectivity index (χ3v) is 5.93. The maximum absolute atomic E-state index is 12.3. The zero-order valence-electron chi connectivity index (χ0n) is 17.9. The number of pyridine rings is 1. The lowest BCUT2D eigenvalue weighted by atomic mass is 9.94. The number of anilines is 1. The van der Waals surface area contributed by atoms with E-state index in [2.05, 4.69) is 36.3 Å². The number of nitrogens with two attached hydrogens (primary N) is 1. The van der Waals surface area contributed by atoms with Crippen LogP contribution in [0.4, 0.5) is 5.82 Å². The zero-order chi connectivity index (χ0) is 23.1. The molecule has 0 fully saturated rings. The molecule has 3 rings (SSSR count). The van der Waals surface area contributed by atoms with E-state index < -0.39 is 0 Å². The highest BCUT2D eigenvalue weighted by atomic mass is 32.2. The molecule has 0 saturated heterocycles. The molecular formula is C25H23N5OS. The Kier molecular flexibility index (Phi) is 7.49. The minimum Gasteiger partial charge on any atom is -0.383 e. The Morgan fingerprint density at radius 2 is 1.72 bits per heavy atom. The van der Waals surface area contributed by atoms with Gasteiger partial charge in [0.2, 0.25) is 5.91 Å². The Morgan fingerprint density at radius 3 is 2.31 bits per heavy atom. The predicted octanol–water partition coefficient (Wildman–Crippen LogP) is 4.61. The highest BCUT2D eigenvalue weighted by Gasteiger charge is 2.21. The van der Waals surface area contributed by atoms with Crippen molar-refractivity contribution in [3.05, 3.63) is 76.9 Å². The summed E-state index contributed by atoms with van der Waals surface area (Å²) in [6.07, 6.45) is 0. The number of benzene rings is 2. The van der Waals surface area contributed by atoms with Crippen LogP contribution in [0.2, 0.25) is 0 Å². The first kappa shape index (κ1) is 22.9. The molecule has 160 valence electrons. The summed E-state index contributed by atoms with van der Waals surface area (Å²) in [5.41, 5.74) is 9.77. The Balaban J connectivity index is 1.86. The van der Waals surface area contributed by atoms with E-state index >= 15 is 0 Å². The minimum absolute atomic E-state index is 0.0432. The molecule has 0 unspecified atom stereocenters. The Hall–Kier alpha value is -3.81. The quantitative estimate of drug-likeness (QED) is 0.518. The van der Waals surface area contributed by atoms with Gasteiger partial charge in [-0.2, -0.15) is 10.5 Å². The Bertz CT molecular complexity index is 1190. The van der Waals surface area contributed by atoms with Crippen LogP contribution in [0, 0.1) is 22.7 Å². The van der Waals surface area contributed by atoms with Crippen molar-refractivity contribution < 1.29 is 4.79 Å². The van der Waals surface area contributed by atoms with E-state index in [9.17, 15) is 15.3 Å². The summed E-state index contributed by atoms with van der Waals surface area (Å²) in [5.74, 6) is 0.292. The topological polar surface area (TPSA) is 116 Å². The number of aromatic nitrogens is 1. The molecule has 32 heavy (non-hydrogen) atoms. The van der Waals surface area contributed by atoms with Gasteiger partial charge in [0.1, 0.15) is 28.5 Å². The lowest BCUT2D eigenvalue weighted by molar-refractivity contribution is -0.118.